The van der Waals surface area contributed by atoms with Gasteiger partial charge >= 0.3 is 0 Å². The van der Waals surface area contributed by atoms with Crippen LogP contribution in [0.1, 0.15) is 27.0 Å². The molecule has 0 aliphatic carbocycles. The number of nitrogens with zero attached hydrogens (tertiary/aromatic N) is 2. The Labute approximate surface area is 140 Å². The van der Waals surface area contributed by atoms with Gasteiger partial charge in [-0.05, 0) is 30.7 Å². The van der Waals surface area contributed by atoms with Gasteiger partial charge < -0.3 is 5.11 Å². The minimum absolute atomic E-state index is 0.255. The number of carbonyl (C=O) groups is 1. The number of hydrogen-bond acceptors (Lipinski definition) is 3. The molecule has 0 saturated heterocycles. The van der Waals surface area contributed by atoms with E-state index in [2.05, 4.69) is 4.98 Å². The zero-order valence-electron chi connectivity index (χ0n) is 13.2. The van der Waals surface area contributed by atoms with Crippen LogP contribution in [0.2, 0.25) is 0 Å². The van der Waals surface area contributed by atoms with Crippen LogP contribution in [0.15, 0.2) is 72.9 Å². The van der Waals surface area contributed by atoms with Gasteiger partial charge in [0, 0.05) is 22.9 Å². The van der Waals surface area contributed by atoms with Crippen molar-refractivity contribution in [2.75, 3.05) is 4.90 Å². The molecule has 0 spiro atoms. The highest BCUT2D eigenvalue weighted by molar-refractivity contribution is 6.12. The van der Waals surface area contributed by atoms with E-state index in [4.69, 9.17) is 0 Å². The highest BCUT2D eigenvalue weighted by atomic mass is 16.3. The molecule has 1 aromatic heterocycles. The number of pyridine rings is 1. The Kier molecular flexibility index (Phi) is 3.22. The molecule has 1 aliphatic heterocycles. The number of aromatic nitrogens is 1. The van der Waals surface area contributed by atoms with Gasteiger partial charge in [-0.3, -0.25) is 9.69 Å². The first-order valence-corrected chi connectivity index (χ1v) is 7.77. The number of amides is 1. The second-order valence-electron chi connectivity index (χ2n) is 5.92. The maximum absolute atomic E-state index is 13.0. The lowest BCUT2D eigenvalue weighted by atomic mass is 9.94. The summed E-state index contributed by atoms with van der Waals surface area (Å²) in [6.07, 6.45) is 1.65. The first kappa shape index (κ1) is 14.6. The van der Waals surface area contributed by atoms with Crippen molar-refractivity contribution in [3.05, 3.63) is 95.2 Å². The maximum Gasteiger partial charge on any atom is 0.262 e. The van der Waals surface area contributed by atoms with Crippen molar-refractivity contribution in [1.82, 2.24) is 4.98 Å². The van der Waals surface area contributed by atoms with Crippen LogP contribution in [-0.2, 0) is 5.72 Å². The lowest BCUT2D eigenvalue weighted by Gasteiger charge is -2.34. The van der Waals surface area contributed by atoms with E-state index in [1.165, 1.54) is 4.90 Å². The Hall–Kier alpha value is -2.98. The van der Waals surface area contributed by atoms with Gasteiger partial charge in [-0.2, -0.15) is 0 Å². The number of hydrogen-bond donors (Lipinski definition) is 1. The largest absolute Gasteiger partial charge is 0.363 e. The molecule has 3 aromatic rings. The molecule has 1 atom stereocenters. The molecule has 2 heterocycles. The molecule has 24 heavy (non-hydrogen) atoms. The summed E-state index contributed by atoms with van der Waals surface area (Å²) in [5.74, 6) is 0.178. The second-order valence-corrected chi connectivity index (χ2v) is 5.92. The summed E-state index contributed by atoms with van der Waals surface area (Å²) in [6.45, 7) is 1.93. The zero-order chi connectivity index (χ0) is 16.7. The lowest BCUT2D eigenvalue weighted by Crippen LogP contribution is -2.45. The van der Waals surface area contributed by atoms with Gasteiger partial charge in [0.15, 0.2) is 5.72 Å². The summed E-state index contributed by atoms with van der Waals surface area (Å²) < 4.78 is 0. The number of fused-ring (bicyclic) bond motifs is 1. The molecule has 2 aromatic carbocycles. The van der Waals surface area contributed by atoms with Gasteiger partial charge in [0.25, 0.3) is 5.91 Å². The van der Waals surface area contributed by atoms with Crippen LogP contribution in [0.5, 0.6) is 0 Å². The summed E-state index contributed by atoms with van der Waals surface area (Å²) in [5, 5.41) is 11.7. The molecule has 1 amide bonds. The van der Waals surface area contributed by atoms with E-state index in [0.29, 0.717) is 22.5 Å². The smallest absolute Gasteiger partial charge is 0.262 e. The molecule has 4 nitrogen and oxygen atoms in total. The summed E-state index contributed by atoms with van der Waals surface area (Å²) in [4.78, 5) is 18.7. The average Bonchev–Trinajstić information content (AvgIpc) is 2.85. The Morgan fingerprint density at radius 3 is 2.46 bits per heavy atom. The SMILES string of the molecule is Cc1ccnc(N2C(=O)c3ccccc3[C@]2(O)c2ccccc2)c1. The summed E-state index contributed by atoms with van der Waals surface area (Å²) in [5.41, 5.74) is 1.10. The molecule has 1 N–H and O–H groups in total. The van der Waals surface area contributed by atoms with Gasteiger partial charge in [0.1, 0.15) is 5.82 Å². The zero-order valence-corrected chi connectivity index (χ0v) is 13.2. The number of rotatable bonds is 2. The number of aliphatic hydroxyl groups is 1. The first-order valence-electron chi connectivity index (χ1n) is 7.77. The molecule has 0 radical (unpaired) electrons. The van der Waals surface area contributed by atoms with Crippen molar-refractivity contribution in [2.45, 2.75) is 12.6 Å². The topological polar surface area (TPSA) is 53.4 Å². The molecule has 0 unspecified atom stereocenters. The van der Waals surface area contributed by atoms with Gasteiger partial charge in [-0.25, -0.2) is 4.98 Å². The van der Waals surface area contributed by atoms with E-state index in [1.54, 1.807) is 30.5 Å². The fourth-order valence-electron chi connectivity index (χ4n) is 3.23. The van der Waals surface area contributed by atoms with Crippen LogP contribution in [0.4, 0.5) is 5.82 Å². The number of benzene rings is 2. The van der Waals surface area contributed by atoms with Gasteiger partial charge in [-0.15, -0.1) is 0 Å². The minimum atomic E-state index is -1.57. The highest BCUT2D eigenvalue weighted by Crippen LogP contribution is 2.44. The quantitative estimate of drug-likeness (QED) is 0.789. The van der Waals surface area contributed by atoms with E-state index < -0.39 is 5.72 Å². The van der Waals surface area contributed by atoms with Gasteiger partial charge in [-0.1, -0.05) is 48.5 Å². The van der Waals surface area contributed by atoms with Crippen molar-refractivity contribution >= 4 is 11.7 Å². The summed E-state index contributed by atoms with van der Waals surface area (Å²) >= 11 is 0. The molecule has 118 valence electrons. The van der Waals surface area contributed by atoms with Crippen LogP contribution in [-0.4, -0.2) is 16.0 Å². The lowest BCUT2D eigenvalue weighted by molar-refractivity contribution is 0.0698. The van der Waals surface area contributed by atoms with Crippen molar-refractivity contribution < 1.29 is 9.90 Å². The minimum Gasteiger partial charge on any atom is -0.363 e. The van der Waals surface area contributed by atoms with Crippen molar-refractivity contribution in [3.63, 3.8) is 0 Å². The van der Waals surface area contributed by atoms with Gasteiger partial charge in [0.2, 0.25) is 0 Å². The Morgan fingerprint density at radius 1 is 1.00 bits per heavy atom. The number of aryl methyl sites for hydroxylation is 1. The summed E-state index contributed by atoms with van der Waals surface area (Å²) in [7, 11) is 0. The third kappa shape index (κ3) is 1.97. The van der Waals surface area contributed by atoms with Crippen LogP contribution in [0.3, 0.4) is 0 Å². The van der Waals surface area contributed by atoms with Crippen LogP contribution in [0, 0.1) is 6.92 Å². The molecule has 0 fully saturated rings. The van der Waals surface area contributed by atoms with Crippen molar-refractivity contribution in [2.24, 2.45) is 0 Å². The monoisotopic (exact) mass is 316 g/mol. The molecular formula is C20H16N2O2. The van der Waals surface area contributed by atoms with Crippen LogP contribution < -0.4 is 4.90 Å². The van der Waals surface area contributed by atoms with Crippen molar-refractivity contribution in [3.8, 4) is 0 Å². The fraction of sp³-hybridized carbons (Fsp3) is 0.100. The normalized spacial score (nSPS) is 19.4. The van der Waals surface area contributed by atoms with Crippen molar-refractivity contribution in [1.29, 1.82) is 0 Å². The highest BCUT2D eigenvalue weighted by Gasteiger charge is 2.51. The molecule has 4 heteroatoms. The maximum atomic E-state index is 13.0. The van der Waals surface area contributed by atoms with E-state index in [9.17, 15) is 9.90 Å². The Balaban J connectivity index is 2.00. The summed E-state index contributed by atoms with van der Waals surface area (Å²) in [6, 6.07) is 20.0. The predicted octanol–water partition coefficient (Wildman–Crippen LogP) is 3.24. The predicted molar refractivity (Wildman–Crippen MR) is 91.7 cm³/mol. The Bertz CT molecular complexity index is 924. The van der Waals surface area contributed by atoms with E-state index in [1.807, 2.05) is 49.4 Å². The molecule has 1 aliphatic rings. The van der Waals surface area contributed by atoms with Crippen LogP contribution >= 0.6 is 0 Å². The standard InChI is InChI=1S/C20H16N2O2/c1-14-11-12-21-18(13-14)22-19(23)16-9-5-6-10-17(16)20(22,24)15-7-3-2-4-8-15/h2-13,24H,1H3/t20-/m1/s1. The average molecular weight is 316 g/mol. The molecular weight excluding hydrogens is 300 g/mol. The third-order valence-electron chi connectivity index (χ3n) is 4.37. The van der Waals surface area contributed by atoms with E-state index in [-0.39, 0.29) is 5.91 Å². The Morgan fingerprint density at radius 2 is 1.71 bits per heavy atom. The number of anilines is 1. The molecule has 0 saturated carbocycles. The van der Waals surface area contributed by atoms with E-state index >= 15 is 0 Å². The molecule has 0 bridgehead atoms. The number of carbonyl (C=O) groups excluding carboxylic acids is 1. The third-order valence-corrected chi connectivity index (χ3v) is 4.37. The van der Waals surface area contributed by atoms with Gasteiger partial charge in [0.05, 0.1) is 0 Å². The van der Waals surface area contributed by atoms with Crippen LogP contribution in [0.25, 0.3) is 0 Å². The first-order chi connectivity index (χ1) is 11.6. The van der Waals surface area contributed by atoms with E-state index in [0.717, 1.165) is 5.56 Å². The fourth-order valence-corrected chi connectivity index (χ4v) is 3.23. The molecule has 4 rings (SSSR count). The second kappa shape index (κ2) is 5.28.